The van der Waals surface area contributed by atoms with E-state index in [9.17, 15) is 13.2 Å². The third-order valence-electron chi connectivity index (χ3n) is 5.40. The van der Waals surface area contributed by atoms with Gasteiger partial charge in [0.15, 0.2) is 21.7 Å². The van der Waals surface area contributed by atoms with Crippen LogP contribution in [0.2, 0.25) is 0 Å². The van der Waals surface area contributed by atoms with Crippen molar-refractivity contribution in [1.82, 2.24) is 10.2 Å². The van der Waals surface area contributed by atoms with Crippen LogP contribution in [0.3, 0.4) is 0 Å². The number of sulfone groups is 1. The number of ether oxygens (including phenoxy) is 1. The van der Waals surface area contributed by atoms with Crippen molar-refractivity contribution >= 4 is 37.9 Å². The van der Waals surface area contributed by atoms with Crippen molar-refractivity contribution in [3.63, 3.8) is 0 Å². The van der Waals surface area contributed by atoms with Gasteiger partial charge in [-0.25, -0.2) is 8.42 Å². The van der Waals surface area contributed by atoms with Gasteiger partial charge in [-0.1, -0.05) is 28.6 Å². The topological polar surface area (TPSA) is 120 Å². The number of amides is 1. The summed E-state index contributed by atoms with van der Waals surface area (Å²) in [6.45, 7) is 1.00. The van der Waals surface area contributed by atoms with Crippen LogP contribution in [-0.4, -0.2) is 54.8 Å². The van der Waals surface area contributed by atoms with Crippen LogP contribution in [0.15, 0.2) is 34.3 Å². The van der Waals surface area contributed by atoms with Crippen LogP contribution in [0, 0.1) is 0 Å². The molecule has 164 valence electrons. The molecule has 2 saturated carbocycles. The molecule has 9 nitrogen and oxygen atoms in total. The number of carbonyl (C=O) groups excluding carboxylic acids is 1. The minimum Gasteiger partial charge on any atom is -0.389 e. The molecule has 2 heterocycles. The Morgan fingerprint density at radius 2 is 1.90 bits per heavy atom. The molecule has 1 aromatic carbocycles. The molecule has 1 amide bonds. The number of nitrogens with zero attached hydrogens (tertiary/aromatic N) is 3. The lowest BCUT2D eigenvalue weighted by Crippen LogP contribution is -2.25. The average molecular weight is 463 g/mol. The first kappa shape index (κ1) is 20.5. The molecule has 2 aliphatic carbocycles. The van der Waals surface area contributed by atoms with Gasteiger partial charge in [-0.2, -0.15) is 0 Å². The highest BCUT2D eigenvalue weighted by molar-refractivity contribution is 7.92. The zero-order chi connectivity index (χ0) is 21.4. The molecule has 1 N–H and O–H groups in total. The molecule has 2 aromatic rings. The molecule has 3 aliphatic rings. The SMILES string of the molecule is O=C(Nc1nnc(C2CC2)s1)/C(=N/O[C@@H]1CCOC1)c1ccc(S(=O)(=O)C2CC2)cc1. The summed E-state index contributed by atoms with van der Waals surface area (Å²) in [6, 6.07) is 6.19. The number of oxime groups is 1. The number of nitrogens with one attached hydrogen (secondary N) is 1. The van der Waals surface area contributed by atoms with Gasteiger partial charge in [0.05, 0.1) is 23.4 Å². The summed E-state index contributed by atoms with van der Waals surface area (Å²) in [7, 11) is -3.31. The summed E-state index contributed by atoms with van der Waals surface area (Å²) in [5, 5.41) is 16.0. The van der Waals surface area contributed by atoms with Crippen molar-refractivity contribution in [1.29, 1.82) is 0 Å². The van der Waals surface area contributed by atoms with Crippen molar-refractivity contribution in [2.24, 2.45) is 5.16 Å². The van der Waals surface area contributed by atoms with Crippen molar-refractivity contribution < 1.29 is 22.8 Å². The van der Waals surface area contributed by atoms with E-state index in [1.807, 2.05) is 0 Å². The van der Waals surface area contributed by atoms with Crippen LogP contribution in [0.5, 0.6) is 0 Å². The van der Waals surface area contributed by atoms with E-state index in [0.717, 1.165) is 17.8 Å². The number of aromatic nitrogens is 2. The smallest absolute Gasteiger partial charge is 0.280 e. The van der Waals surface area contributed by atoms with E-state index < -0.39 is 15.7 Å². The molecule has 0 radical (unpaired) electrons. The lowest BCUT2D eigenvalue weighted by Gasteiger charge is -2.10. The fourth-order valence-electron chi connectivity index (χ4n) is 3.26. The summed E-state index contributed by atoms with van der Waals surface area (Å²) < 4.78 is 30.2. The van der Waals surface area contributed by atoms with E-state index in [1.165, 1.54) is 23.5 Å². The quantitative estimate of drug-likeness (QED) is 0.473. The number of anilines is 1. The first-order chi connectivity index (χ1) is 15.0. The number of hydrogen-bond acceptors (Lipinski definition) is 9. The Hall–Kier alpha value is -2.37. The van der Waals surface area contributed by atoms with Gasteiger partial charge < -0.3 is 9.57 Å². The van der Waals surface area contributed by atoms with Gasteiger partial charge in [0.25, 0.3) is 5.91 Å². The Morgan fingerprint density at radius 1 is 1.13 bits per heavy atom. The van der Waals surface area contributed by atoms with Crippen LogP contribution < -0.4 is 5.32 Å². The lowest BCUT2D eigenvalue weighted by atomic mass is 10.1. The van der Waals surface area contributed by atoms with Gasteiger partial charge in [-0.05, 0) is 37.8 Å². The molecule has 3 fully saturated rings. The van der Waals surface area contributed by atoms with Crippen LogP contribution >= 0.6 is 11.3 Å². The number of benzene rings is 1. The highest BCUT2D eigenvalue weighted by atomic mass is 32.2. The van der Waals surface area contributed by atoms with Crippen LogP contribution in [-0.2, 0) is 24.2 Å². The average Bonchev–Trinajstić information content (AvgIpc) is 3.70. The molecule has 1 aliphatic heterocycles. The molecule has 0 unspecified atom stereocenters. The fourth-order valence-corrected chi connectivity index (χ4v) is 5.82. The Morgan fingerprint density at radius 3 is 2.55 bits per heavy atom. The normalized spacial score (nSPS) is 21.8. The molecular weight excluding hydrogens is 440 g/mol. The predicted molar refractivity (Wildman–Crippen MR) is 114 cm³/mol. The van der Waals surface area contributed by atoms with Crippen molar-refractivity contribution in [3.05, 3.63) is 34.8 Å². The van der Waals surface area contributed by atoms with Gasteiger partial charge in [-0.15, -0.1) is 10.2 Å². The molecule has 1 aromatic heterocycles. The molecular formula is C20H22N4O5S2. The van der Waals surface area contributed by atoms with Gasteiger partial charge in [0, 0.05) is 17.9 Å². The van der Waals surface area contributed by atoms with Crippen LogP contribution in [0.25, 0.3) is 0 Å². The minimum atomic E-state index is -3.31. The summed E-state index contributed by atoms with van der Waals surface area (Å²) in [4.78, 5) is 18.8. The Labute approximate surface area is 183 Å². The Kier molecular flexibility index (Phi) is 5.49. The lowest BCUT2D eigenvalue weighted by molar-refractivity contribution is -0.110. The second-order valence-electron chi connectivity index (χ2n) is 7.97. The van der Waals surface area contributed by atoms with E-state index >= 15 is 0 Å². The van der Waals surface area contributed by atoms with Crippen molar-refractivity contribution in [2.45, 2.75) is 54.3 Å². The zero-order valence-electron chi connectivity index (χ0n) is 16.7. The molecule has 0 spiro atoms. The van der Waals surface area contributed by atoms with Crippen molar-refractivity contribution in [3.8, 4) is 0 Å². The summed E-state index contributed by atoms with van der Waals surface area (Å²) in [6.07, 6.45) is 4.06. The summed E-state index contributed by atoms with van der Waals surface area (Å²) >= 11 is 1.35. The van der Waals surface area contributed by atoms with Gasteiger partial charge in [0.1, 0.15) is 5.01 Å². The predicted octanol–water partition coefficient (Wildman–Crippen LogP) is 2.50. The molecule has 0 bridgehead atoms. The number of rotatable bonds is 8. The van der Waals surface area contributed by atoms with Crippen LogP contribution in [0.1, 0.15) is 48.6 Å². The monoisotopic (exact) mass is 462 g/mol. The van der Waals surface area contributed by atoms with E-state index in [1.54, 1.807) is 12.1 Å². The van der Waals surface area contributed by atoms with Gasteiger partial charge in [0.2, 0.25) is 5.13 Å². The van der Waals surface area contributed by atoms with E-state index in [-0.39, 0.29) is 22.0 Å². The highest BCUT2D eigenvalue weighted by Gasteiger charge is 2.37. The largest absolute Gasteiger partial charge is 0.389 e. The third-order valence-corrected chi connectivity index (χ3v) is 8.68. The molecule has 5 rings (SSSR count). The summed E-state index contributed by atoms with van der Waals surface area (Å²) in [5.41, 5.74) is 0.503. The third kappa shape index (κ3) is 4.63. The fraction of sp³-hybridized carbons (Fsp3) is 0.500. The number of carbonyl (C=O) groups is 1. The second kappa shape index (κ2) is 8.29. The number of hydrogen-bond donors (Lipinski definition) is 1. The molecule has 11 heteroatoms. The van der Waals surface area contributed by atoms with Crippen molar-refractivity contribution in [2.75, 3.05) is 18.5 Å². The van der Waals surface area contributed by atoms with Gasteiger partial charge >= 0.3 is 0 Å². The molecule has 1 atom stereocenters. The van der Waals surface area contributed by atoms with E-state index in [2.05, 4.69) is 20.7 Å². The first-order valence-electron chi connectivity index (χ1n) is 10.3. The minimum absolute atomic E-state index is 0.0467. The zero-order valence-corrected chi connectivity index (χ0v) is 18.3. The summed E-state index contributed by atoms with van der Waals surface area (Å²) in [5.74, 6) is -0.0434. The standard InChI is InChI=1S/C20H22N4O5S2/c25-18(21-20-23-22-19(30-20)13-1-2-13)17(24-29-14-9-10-28-11-14)12-3-5-15(6-4-12)31(26,27)16-7-8-16/h3-6,13-14,16H,1-2,7-11H2,(H,21,23,25)/b24-17+/t14-/m1/s1. The maximum atomic E-state index is 13.0. The maximum absolute atomic E-state index is 13.0. The van der Waals surface area contributed by atoms with E-state index in [4.69, 9.17) is 9.57 Å². The Balaban J connectivity index is 1.37. The molecule has 31 heavy (non-hydrogen) atoms. The second-order valence-corrected chi connectivity index (χ2v) is 11.2. The molecule has 1 saturated heterocycles. The van der Waals surface area contributed by atoms with Crippen LogP contribution in [0.4, 0.5) is 5.13 Å². The Bertz CT molecular complexity index is 1100. The highest BCUT2D eigenvalue weighted by Crippen LogP contribution is 2.42. The van der Waals surface area contributed by atoms with E-state index in [0.29, 0.717) is 49.1 Å². The maximum Gasteiger partial charge on any atom is 0.280 e. The first-order valence-corrected chi connectivity index (χ1v) is 12.7. The van der Waals surface area contributed by atoms with Gasteiger partial charge in [-0.3, -0.25) is 10.1 Å².